The van der Waals surface area contributed by atoms with Gasteiger partial charge in [-0.2, -0.15) is 5.10 Å². The first-order valence-electron chi connectivity index (χ1n) is 5.09. The summed E-state index contributed by atoms with van der Waals surface area (Å²) in [6.45, 7) is 2.01. The van der Waals surface area contributed by atoms with E-state index in [0.717, 1.165) is 17.0 Å². The van der Waals surface area contributed by atoms with Crippen LogP contribution in [0.4, 0.5) is 0 Å². The molecule has 2 heterocycles. The number of hydrazine groups is 1. The van der Waals surface area contributed by atoms with E-state index >= 15 is 0 Å². The first-order chi connectivity index (χ1) is 7.72. The van der Waals surface area contributed by atoms with Gasteiger partial charge in [-0.3, -0.25) is 15.5 Å². The van der Waals surface area contributed by atoms with Gasteiger partial charge in [0.1, 0.15) is 6.04 Å². The van der Waals surface area contributed by atoms with Gasteiger partial charge < -0.3 is 0 Å². The van der Waals surface area contributed by atoms with Gasteiger partial charge in [0, 0.05) is 19.4 Å². The first-order valence-corrected chi connectivity index (χ1v) is 5.09. The smallest absolute Gasteiger partial charge is 0.107 e. The molecule has 0 saturated heterocycles. The molecule has 0 aromatic carbocycles. The molecule has 3 N–H and O–H groups in total. The van der Waals surface area contributed by atoms with Crippen LogP contribution in [0.15, 0.2) is 30.6 Å². The minimum absolute atomic E-state index is 0.164. The predicted octanol–water partition coefficient (Wildman–Crippen LogP) is 0.676. The highest BCUT2D eigenvalue weighted by molar-refractivity contribution is 5.27. The molecule has 0 saturated carbocycles. The van der Waals surface area contributed by atoms with Crippen LogP contribution in [0, 0.1) is 6.92 Å². The van der Waals surface area contributed by atoms with E-state index in [4.69, 9.17) is 5.84 Å². The van der Waals surface area contributed by atoms with E-state index in [1.54, 1.807) is 10.9 Å². The molecule has 2 aromatic rings. The Morgan fingerprint density at radius 3 is 2.81 bits per heavy atom. The summed E-state index contributed by atoms with van der Waals surface area (Å²) in [6, 6.07) is 5.68. The fourth-order valence-electron chi connectivity index (χ4n) is 1.69. The Labute approximate surface area is 94.3 Å². The van der Waals surface area contributed by atoms with Gasteiger partial charge in [0.25, 0.3) is 0 Å². The molecule has 0 bridgehead atoms. The Bertz CT molecular complexity index is 477. The number of pyridine rings is 1. The average Bonchev–Trinajstić information content (AvgIpc) is 2.69. The van der Waals surface area contributed by atoms with E-state index < -0.39 is 0 Å². The van der Waals surface area contributed by atoms with Crippen LogP contribution in [0.25, 0.3) is 0 Å². The van der Waals surface area contributed by atoms with E-state index in [1.165, 1.54) is 0 Å². The zero-order valence-electron chi connectivity index (χ0n) is 9.38. The standard InChI is InChI=1S/C11H15N5/c1-8-4-3-6-13-10(8)11(14-12)9-5-7-16(2)15-9/h3-7,11,14H,12H2,1-2H3. The molecule has 0 amide bonds. The Balaban J connectivity index is 2.40. The van der Waals surface area contributed by atoms with Crippen molar-refractivity contribution in [2.45, 2.75) is 13.0 Å². The Hall–Kier alpha value is -1.72. The van der Waals surface area contributed by atoms with Gasteiger partial charge in [-0.1, -0.05) is 6.07 Å². The van der Waals surface area contributed by atoms with Crippen LogP contribution < -0.4 is 11.3 Å². The number of hydrogen-bond acceptors (Lipinski definition) is 4. The molecule has 0 aliphatic rings. The zero-order valence-corrected chi connectivity index (χ0v) is 9.38. The maximum absolute atomic E-state index is 5.58. The molecular formula is C11H15N5. The topological polar surface area (TPSA) is 68.8 Å². The van der Waals surface area contributed by atoms with Crippen LogP contribution in [0.2, 0.25) is 0 Å². The van der Waals surface area contributed by atoms with E-state index in [9.17, 15) is 0 Å². The summed E-state index contributed by atoms with van der Waals surface area (Å²) in [5.41, 5.74) is 5.62. The van der Waals surface area contributed by atoms with Crippen molar-refractivity contribution in [2.24, 2.45) is 12.9 Å². The van der Waals surface area contributed by atoms with Gasteiger partial charge in [-0.25, -0.2) is 5.43 Å². The normalized spacial score (nSPS) is 12.7. The van der Waals surface area contributed by atoms with Crippen molar-refractivity contribution < 1.29 is 0 Å². The monoisotopic (exact) mass is 217 g/mol. The maximum Gasteiger partial charge on any atom is 0.107 e. The number of aromatic nitrogens is 3. The second-order valence-corrected chi connectivity index (χ2v) is 3.72. The highest BCUT2D eigenvalue weighted by Gasteiger charge is 2.17. The molecule has 1 atom stereocenters. The molecule has 0 spiro atoms. The summed E-state index contributed by atoms with van der Waals surface area (Å²) in [4.78, 5) is 4.34. The summed E-state index contributed by atoms with van der Waals surface area (Å²) in [5.74, 6) is 5.58. The van der Waals surface area contributed by atoms with Crippen LogP contribution >= 0.6 is 0 Å². The number of nitrogens with two attached hydrogens (primary N) is 1. The predicted molar refractivity (Wildman–Crippen MR) is 61.3 cm³/mol. The molecule has 5 heteroatoms. The molecule has 5 nitrogen and oxygen atoms in total. The highest BCUT2D eigenvalue weighted by atomic mass is 15.3. The number of aryl methyl sites for hydroxylation is 2. The highest BCUT2D eigenvalue weighted by Crippen LogP contribution is 2.20. The van der Waals surface area contributed by atoms with Crippen LogP contribution in [0.5, 0.6) is 0 Å². The number of nitrogens with zero attached hydrogens (tertiary/aromatic N) is 3. The van der Waals surface area contributed by atoms with Crippen molar-refractivity contribution in [2.75, 3.05) is 0 Å². The van der Waals surface area contributed by atoms with E-state index in [1.807, 2.05) is 38.4 Å². The Morgan fingerprint density at radius 2 is 2.25 bits per heavy atom. The van der Waals surface area contributed by atoms with Crippen molar-refractivity contribution in [3.05, 3.63) is 47.5 Å². The van der Waals surface area contributed by atoms with Crippen LogP contribution in [0.1, 0.15) is 23.0 Å². The van der Waals surface area contributed by atoms with Crippen molar-refractivity contribution in [1.29, 1.82) is 0 Å². The molecule has 0 fully saturated rings. The molecular weight excluding hydrogens is 202 g/mol. The quantitative estimate of drug-likeness (QED) is 0.586. The molecule has 2 aromatic heterocycles. The molecule has 16 heavy (non-hydrogen) atoms. The summed E-state index contributed by atoms with van der Waals surface area (Å²) in [6.07, 6.45) is 3.65. The van der Waals surface area contributed by atoms with Crippen LogP contribution in [-0.4, -0.2) is 14.8 Å². The van der Waals surface area contributed by atoms with Gasteiger partial charge in [-0.05, 0) is 24.6 Å². The van der Waals surface area contributed by atoms with E-state index in [2.05, 4.69) is 15.5 Å². The molecule has 1 unspecified atom stereocenters. The SMILES string of the molecule is Cc1cccnc1C(NN)c1ccn(C)n1. The molecule has 0 aliphatic carbocycles. The van der Waals surface area contributed by atoms with Crippen LogP contribution in [0.3, 0.4) is 0 Å². The molecule has 0 radical (unpaired) electrons. The third-order valence-electron chi connectivity index (χ3n) is 2.52. The van der Waals surface area contributed by atoms with Gasteiger partial charge in [0.2, 0.25) is 0 Å². The summed E-state index contributed by atoms with van der Waals surface area (Å²) < 4.78 is 1.75. The zero-order chi connectivity index (χ0) is 11.5. The lowest BCUT2D eigenvalue weighted by Gasteiger charge is -2.14. The first kappa shape index (κ1) is 10.8. The van der Waals surface area contributed by atoms with Crippen molar-refractivity contribution in [3.63, 3.8) is 0 Å². The largest absolute Gasteiger partial charge is 0.275 e. The third kappa shape index (κ3) is 1.95. The van der Waals surface area contributed by atoms with E-state index in [-0.39, 0.29) is 6.04 Å². The summed E-state index contributed by atoms with van der Waals surface area (Å²) >= 11 is 0. The fourth-order valence-corrected chi connectivity index (χ4v) is 1.69. The van der Waals surface area contributed by atoms with Gasteiger partial charge in [-0.15, -0.1) is 0 Å². The third-order valence-corrected chi connectivity index (χ3v) is 2.52. The Morgan fingerprint density at radius 1 is 1.44 bits per heavy atom. The lowest BCUT2D eigenvalue weighted by molar-refractivity contribution is 0.587. The van der Waals surface area contributed by atoms with Gasteiger partial charge in [0.05, 0.1) is 11.4 Å². The minimum atomic E-state index is -0.164. The molecule has 0 aliphatic heterocycles. The number of hydrogen-bond donors (Lipinski definition) is 2. The minimum Gasteiger partial charge on any atom is -0.275 e. The van der Waals surface area contributed by atoms with Gasteiger partial charge in [0.15, 0.2) is 0 Å². The van der Waals surface area contributed by atoms with E-state index in [0.29, 0.717) is 0 Å². The number of nitrogens with one attached hydrogen (secondary N) is 1. The second kappa shape index (κ2) is 4.42. The fraction of sp³-hybridized carbons (Fsp3) is 0.273. The van der Waals surface area contributed by atoms with Gasteiger partial charge >= 0.3 is 0 Å². The summed E-state index contributed by atoms with van der Waals surface area (Å²) in [5, 5.41) is 4.33. The second-order valence-electron chi connectivity index (χ2n) is 3.72. The van der Waals surface area contributed by atoms with Crippen molar-refractivity contribution >= 4 is 0 Å². The van der Waals surface area contributed by atoms with Crippen molar-refractivity contribution in [3.8, 4) is 0 Å². The number of rotatable bonds is 3. The molecule has 2 rings (SSSR count). The van der Waals surface area contributed by atoms with Crippen LogP contribution in [-0.2, 0) is 7.05 Å². The molecule has 84 valence electrons. The summed E-state index contributed by atoms with van der Waals surface area (Å²) in [7, 11) is 1.88. The lowest BCUT2D eigenvalue weighted by Crippen LogP contribution is -2.30. The average molecular weight is 217 g/mol. The lowest BCUT2D eigenvalue weighted by atomic mass is 10.1. The van der Waals surface area contributed by atoms with Crippen molar-refractivity contribution in [1.82, 2.24) is 20.2 Å². The maximum atomic E-state index is 5.58. The Kier molecular flexibility index (Phi) is 2.98.